The first-order chi connectivity index (χ1) is 35.0. The number of ether oxygens (including phenoxy) is 3. The van der Waals surface area contributed by atoms with E-state index in [9.17, 15) is 14.4 Å². The molecule has 6 nitrogen and oxygen atoms in total. The van der Waals surface area contributed by atoms with Crippen LogP contribution in [0.2, 0.25) is 0 Å². The highest BCUT2D eigenvalue weighted by atomic mass is 16.6. The first-order valence-electron chi connectivity index (χ1n) is 30.8. The fourth-order valence-corrected chi connectivity index (χ4v) is 8.83. The van der Waals surface area contributed by atoms with Crippen molar-refractivity contribution in [2.24, 2.45) is 0 Å². The molecule has 0 aromatic carbocycles. The molecule has 6 heteroatoms. The summed E-state index contributed by atoms with van der Waals surface area (Å²) < 4.78 is 16.9. The number of esters is 3. The van der Waals surface area contributed by atoms with Gasteiger partial charge in [-0.3, -0.25) is 14.4 Å². The standard InChI is InChI=1S/C65H116O6/c1-4-7-10-13-16-19-22-25-28-31-33-35-37-40-43-46-49-52-55-58-64(67)70-61-62(60-69-63(66)57-54-51-48-45-42-39-36-30-27-24-21-18-15-12-9-6-3)71-65(68)59-56-53-50-47-44-41-38-34-32-29-26-23-20-17-14-11-8-5-2/h16,19,22,25,29-30,32,34,36,38,62H,4-15,17-18,20-21,23-24,26-28,31,33,35,37,39-61H2,1-3H3/b19-16-,25-22-,32-29-,36-30-,38-34-. The molecule has 0 fully saturated rings. The van der Waals surface area contributed by atoms with Crippen molar-refractivity contribution in [3.05, 3.63) is 60.8 Å². The van der Waals surface area contributed by atoms with Gasteiger partial charge in [-0.05, 0) is 96.3 Å². The molecule has 0 amide bonds. The van der Waals surface area contributed by atoms with Crippen molar-refractivity contribution in [2.75, 3.05) is 13.2 Å². The third kappa shape index (κ3) is 57.9. The Morgan fingerprint density at radius 3 is 0.817 bits per heavy atom. The molecule has 0 aliphatic rings. The van der Waals surface area contributed by atoms with Crippen LogP contribution in [0.25, 0.3) is 0 Å². The van der Waals surface area contributed by atoms with E-state index in [0.29, 0.717) is 19.3 Å². The Labute approximate surface area is 440 Å². The Morgan fingerprint density at radius 2 is 0.507 bits per heavy atom. The highest BCUT2D eigenvalue weighted by molar-refractivity contribution is 5.71. The summed E-state index contributed by atoms with van der Waals surface area (Å²) in [4.78, 5) is 38.3. The number of rotatable bonds is 56. The lowest BCUT2D eigenvalue weighted by Gasteiger charge is -2.18. The van der Waals surface area contributed by atoms with Crippen molar-refractivity contribution in [1.82, 2.24) is 0 Å². The molecule has 0 rings (SSSR count). The van der Waals surface area contributed by atoms with E-state index in [4.69, 9.17) is 14.2 Å². The second-order valence-electron chi connectivity index (χ2n) is 20.7. The minimum Gasteiger partial charge on any atom is -0.462 e. The van der Waals surface area contributed by atoms with E-state index in [2.05, 4.69) is 81.5 Å². The normalized spacial score (nSPS) is 12.4. The molecule has 412 valence electrons. The van der Waals surface area contributed by atoms with Crippen molar-refractivity contribution in [3.8, 4) is 0 Å². The first-order valence-corrected chi connectivity index (χ1v) is 30.8. The lowest BCUT2D eigenvalue weighted by atomic mass is 10.1. The van der Waals surface area contributed by atoms with Crippen LogP contribution in [0.5, 0.6) is 0 Å². The first kappa shape index (κ1) is 68.1. The van der Waals surface area contributed by atoms with Crippen molar-refractivity contribution in [2.45, 2.75) is 322 Å². The van der Waals surface area contributed by atoms with E-state index in [1.807, 2.05) is 0 Å². The van der Waals surface area contributed by atoms with Crippen LogP contribution in [0.3, 0.4) is 0 Å². The molecule has 0 aromatic heterocycles. The van der Waals surface area contributed by atoms with Gasteiger partial charge in [0.15, 0.2) is 6.10 Å². The summed E-state index contributed by atoms with van der Waals surface area (Å²) in [6.07, 6.45) is 75.0. The third-order valence-electron chi connectivity index (χ3n) is 13.5. The second-order valence-corrected chi connectivity index (χ2v) is 20.7. The second kappa shape index (κ2) is 59.7. The topological polar surface area (TPSA) is 78.9 Å². The Kier molecular flexibility index (Phi) is 57.2. The SMILES string of the molecule is CCCCC/C=C\C=C/CCCCCCCCCCCCC(=O)OCC(COC(=O)CCCCCCC/C=C\CCCCCCCCC)OC(=O)CCCCCCC/C=C\C=C/CCCCCCCCC. The van der Waals surface area contributed by atoms with Crippen LogP contribution in [-0.4, -0.2) is 37.2 Å². The summed E-state index contributed by atoms with van der Waals surface area (Å²) >= 11 is 0. The Balaban J connectivity index is 4.40. The molecule has 0 aliphatic carbocycles. The van der Waals surface area contributed by atoms with Gasteiger partial charge in [0.1, 0.15) is 13.2 Å². The Hall–Kier alpha value is -2.89. The molecule has 71 heavy (non-hydrogen) atoms. The fourth-order valence-electron chi connectivity index (χ4n) is 8.83. The van der Waals surface area contributed by atoms with Crippen LogP contribution in [0, 0.1) is 0 Å². The molecular weight excluding hydrogens is 877 g/mol. The van der Waals surface area contributed by atoms with Crippen LogP contribution in [0.1, 0.15) is 316 Å². The molecule has 0 saturated carbocycles. The van der Waals surface area contributed by atoms with E-state index >= 15 is 0 Å². The minimum absolute atomic E-state index is 0.0837. The predicted molar refractivity (Wildman–Crippen MR) is 307 cm³/mol. The summed E-state index contributed by atoms with van der Waals surface area (Å²) in [5.41, 5.74) is 0. The molecule has 0 radical (unpaired) electrons. The smallest absolute Gasteiger partial charge is 0.306 e. The quantitative estimate of drug-likeness (QED) is 0.0199. The number of hydrogen-bond donors (Lipinski definition) is 0. The van der Waals surface area contributed by atoms with Gasteiger partial charge in [0.25, 0.3) is 0 Å². The molecule has 0 N–H and O–H groups in total. The van der Waals surface area contributed by atoms with Crippen LogP contribution in [-0.2, 0) is 28.6 Å². The van der Waals surface area contributed by atoms with Crippen LogP contribution < -0.4 is 0 Å². The summed E-state index contributed by atoms with van der Waals surface area (Å²) in [5, 5.41) is 0. The average molecular weight is 994 g/mol. The van der Waals surface area contributed by atoms with Gasteiger partial charge in [-0.2, -0.15) is 0 Å². The van der Waals surface area contributed by atoms with Crippen LogP contribution >= 0.6 is 0 Å². The Morgan fingerprint density at radius 1 is 0.282 bits per heavy atom. The largest absolute Gasteiger partial charge is 0.462 e. The van der Waals surface area contributed by atoms with Crippen LogP contribution in [0.15, 0.2) is 60.8 Å². The van der Waals surface area contributed by atoms with E-state index in [1.54, 1.807) is 0 Å². The highest BCUT2D eigenvalue weighted by Crippen LogP contribution is 2.16. The molecule has 0 saturated heterocycles. The predicted octanol–water partition coefficient (Wildman–Crippen LogP) is 20.8. The molecule has 0 spiro atoms. The van der Waals surface area contributed by atoms with Gasteiger partial charge in [-0.15, -0.1) is 0 Å². The van der Waals surface area contributed by atoms with Gasteiger partial charge in [0.05, 0.1) is 0 Å². The lowest BCUT2D eigenvalue weighted by molar-refractivity contribution is -0.167. The van der Waals surface area contributed by atoms with E-state index in [1.165, 1.54) is 193 Å². The highest BCUT2D eigenvalue weighted by Gasteiger charge is 2.19. The summed E-state index contributed by atoms with van der Waals surface area (Å²) in [5.74, 6) is -0.896. The van der Waals surface area contributed by atoms with Gasteiger partial charge >= 0.3 is 17.9 Å². The summed E-state index contributed by atoms with van der Waals surface area (Å²) in [6, 6.07) is 0. The Bertz CT molecular complexity index is 1280. The monoisotopic (exact) mass is 993 g/mol. The zero-order chi connectivity index (χ0) is 51.4. The zero-order valence-corrected chi connectivity index (χ0v) is 47.2. The fraction of sp³-hybridized carbons (Fsp3) is 0.800. The van der Waals surface area contributed by atoms with Gasteiger partial charge in [-0.25, -0.2) is 0 Å². The molecule has 1 atom stereocenters. The summed E-state index contributed by atoms with van der Waals surface area (Å²) in [6.45, 7) is 6.62. The number of carbonyl (C=O) groups is 3. The molecule has 1 unspecified atom stereocenters. The number of allylic oxidation sites excluding steroid dienone is 10. The molecule has 0 aromatic rings. The van der Waals surface area contributed by atoms with E-state index < -0.39 is 6.10 Å². The van der Waals surface area contributed by atoms with Crippen molar-refractivity contribution in [3.63, 3.8) is 0 Å². The van der Waals surface area contributed by atoms with Crippen molar-refractivity contribution in [1.29, 1.82) is 0 Å². The van der Waals surface area contributed by atoms with Gasteiger partial charge in [-0.1, -0.05) is 261 Å². The maximum atomic E-state index is 12.9. The van der Waals surface area contributed by atoms with Crippen molar-refractivity contribution >= 4 is 17.9 Å². The molecule has 0 aliphatic heterocycles. The van der Waals surface area contributed by atoms with Crippen LogP contribution in [0.4, 0.5) is 0 Å². The molecule has 0 bridgehead atoms. The molecule has 0 heterocycles. The summed E-state index contributed by atoms with van der Waals surface area (Å²) in [7, 11) is 0. The number of carbonyl (C=O) groups excluding carboxylic acids is 3. The third-order valence-corrected chi connectivity index (χ3v) is 13.5. The number of unbranched alkanes of at least 4 members (excludes halogenated alkanes) is 37. The maximum absolute atomic E-state index is 12.9. The molecular formula is C65H116O6. The minimum atomic E-state index is -0.788. The van der Waals surface area contributed by atoms with Crippen molar-refractivity contribution < 1.29 is 28.6 Å². The van der Waals surface area contributed by atoms with Gasteiger partial charge < -0.3 is 14.2 Å². The maximum Gasteiger partial charge on any atom is 0.306 e. The van der Waals surface area contributed by atoms with E-state index in [0.717, 1.165) is 83.5 Å². The van der Waals surface area contributed by atoms with Gasteiger partial charge in [0.2, 0.25) is 0 Å². The lowest BCUT2D eigenvalue weighted by Crippen LogP contribution is -2.30. The zero-order valence-electron chi connectivity index (χ0n) is 47.2. The average Bonchev–Trinajstić information content (AvgIpc) is 3.37. The van der Waals surface area contributed by atoms with Gasteiger partial charge in [0, 0.05) is 19.3 Å². The van der Waals surface area contributed by atoms with E-state index in [-0.39, 0.29) is 31.1 Å². The number of hydrogen-bond acceptors (Lipinski definition) is 6.